The lowest BCUT2D eigenvalue weighted by atomic mass is 10.1. The van der Waals surface area contributed by atoms with Crippen LogP contribution in [0.4, 0.5) is 5.69 Å². The molecule has 1 aromatic rings. The van der Waals surface area contributed by atoms with Gasteiger partial charge in [0.25, 0.3) is 0 Å². The second-order valence-corrected chi connectivity index (χ2v) is 4.34. The molecule has 0 aliphatic carbocycles. The molecule has 0 radical (unpaired) electrons. The molecular weight excluding hydrogens is 246 g/mol. The number of hydrogen-bond acceptors (Lipinski definition) is 3. The Labute approximate surface area is 110 Å². The van der Waals surface area contributed by atoms with Crippen molar-refractivity contribution in [1.29, 1.82) is 0 Å². The number of carboxylic acid groups (broad SMARTS) is 1. The number of anilines is 1. The van der Waals surface area contributed by atoms with E-state index in [1.807, 2.05) is 6.92 Å². The van der Waals surface area contributed by atoms with Gasteiger partial charge in [-0.2, -0.15) is 0 Å². The molecule has 2 rings (SSSR count). The van der Waals surface area contributed by atoms with E-state index in [9.17, 15) is 14.4 Å². The Bertz CT molecular complexity index is 573. The van der Waals surface area contributed by atoms with Gasteiger partial charge in [0.2, 0.25) is 11.8 Å². The Morgan fingerprint density at radius 3 is 2.47 bits per heavy atom. The van der Waals surface area contributed by atoms with Crippen molar-refractivity contribution in [2.75, 3.05) is 4.90 Å². The third-order valence-corrected chi connectivity index (χ3v) is 2.98. The molecule has 0 spiro atoms. The second-order valence-electron chi connectivity index (χ2n) is 4.34. The highest BCUT2D eigenvalue weighted by molar-refractivity contribution is 6.19. The number of rotatable bonds is 3. The van der Waals surface area contributed by atoms with E-state index < -0.39 is 5.97 Å². The Hall–Kier alpha value is -2.43. The predicted molar refractivity (Wildman–Crippen MR) is 69.6 cm³/mol. The maximum Gasteiger partial charge on any atom is 0.328 e. The minimum absolute atomic E-state index is 0.220. The maximum absolute atomic E-state index is 11.6. The number of aryl methyl sites for hydroxylation is 1. The topological polar surface area (TPSA) is 74.7 Å². The molecule has 0 saturated carbocycles. The molecule has 1 fully saturated rings. The van der Waals surface area contributed by atoms with Crippen LogP contribution in [0.1, 0.15) is 24.0 Å². The van der Waals surface area contributed by atoms with Gasteiger partial charge in [-0.15, -0.1) is 0 Å². The van der Waals surface area contributed by atoms with Crippen molar-refractivity contribution in [2.24, 2.45) is 0 Å². The number of benzene rings is 1. The molecule has 0 aromatic heterocycles. The van der Waals surface area contributed by atoms with Crippen LogP contribution in [0.15, 0.2) is 24.3 Å². The molecule has 0 bridgehead atoms. The van der Waals surface area contributed by atoms with Crippen LogP contribution in [0.2, 0.25) is 0 Å². The molecule has 0 atom stereocenters. The molecule has 98 valence electrons. The zero-order valence-corrected chi connectivity index (χ0v) is 10.4. The lowest BCUT2D eigenvalue weighted by Crippen LogP contribution is -2.28. The molecule has 1 aliphatic rings. The largest absolute Gasteiger partial charge is 0.478 e. The molecule has 19 heavy (non-hydrogen) atoms. The standard InChI is InChI=1S/C14H13NO4/c1-9-2-4-11(8-10(9)3-7-14(18)19)15-12(16)5-6-13(15)17/h2-4,7-8H,5-6H2,1H3,(H,18,19). The normalized spacial score (nSPS) is 15.5. The Morgan fingerprint density at radius 2 is 1.89 bits per heavy atom. The van der Waals surface area contributed by atoms with Gasteiger partial charge in [-0.25, -0.2) is 4.79 Å². The quantitative estimate of drug-likeness (QED) is 0.662. The van der Waals surface area contributed by atoms with Gasteiger partial charge in [-0.05, 0) is 36.3 Å². The minimum atomic E-state index is -1.04. The van der Waals surface area contributed by atoms with Crippen molar-refractivity contribution in [3.63, 3.8) is 0 Å². The summed E-state index contributed by atoms with van der Waals surface area (Å²) in [5, 5.41) is 8.63. The number of amides is 2. The summed E-state index contributed by atoms with van der Waals surface area (Å²) in [6.07, 6.45) is 2.94. The van der Waals surface area contributed by atoms with Crippen molar-refractivity contribution in [3.05, 3.63) is 35.4 Å². The van der Waals surface area contributed by atoms with Gasteiger partial charge in [0.05, 0.1) is 5.69 Å². The lowest BCUT2D eigenvalue weighted by molar-refractivity contribution is -0.131. The van der Waals surface area contributed by atoms with E-state index in [2.05, 4.69) is 0 Å². The summed E-state index contributed by atoms with van der Waals surface area (Å²) in [6.45, 7) is 1.83. The molecule has 1 aromatic carbocycles. The molecule has 5 nitrogen and oxygen atoms in total. The van der Waals surface area contributed by atoms with Crippen LogP contribution in [0.25, 0.3) is 6.08 Å². The number of nitrogens with zero attached hydrogens (tertiary/aromatic N) is 1. The van der Waals surface area contributed by atoms with Crippen LogP contribution < -0.4 is 4.90 Å². The summed E-state index contributed by atoms with van der Waals surface area (Å²) in [7, 11) is 0. The average molecular weight is 259 g/mol. The number of hydrogen-bond donors (Lipinski definition) is 1. The van der Waals surface area contributed by atoms with E-state index in [1.165, 1.54) is 6.08 Å². The van der Waals surface area contributed by atoms with Crippen molar-refractivity contribution in [1.82, 2.24) is 0 Å². The summed E-state index contributed by atoms with van der Waals surface area (Å²) >= 11 is 0. The molecule has 0 unspecified atom stereocenters. The van der Waals surface area contributed by atoms with E-state index in [4.69, 9.17) is 5.11 Å². The summed E-state index contributed by atoms with van der Waals surface area (Å²) in [5.74, 6) is -1.48. The second kappa shape index (κ2) is 5.06. The van der Waals surface area contributed by atoms with Crippen molar-refractivity contribution >= 4 is 29.5 Å². The first kappa shape index (κ1) is 13.0. The summed E-state index contributed by atoms with van der Waals surface area (Å²) in [5.41, 5.74) is 2.04. The minimum Gasteiger partial charge on any atom is -0.478 e. The molecule has 2 amide bonds. The third-order valence-electron chi connectivity index (χ3n) is 2.98. The van der Waals surface area contributed by atoms with E-state index >= 15 is 0 Å². The Morgan fingerprint density at radius 1 is 1.26 bits per heavy atom. The molecular formula is C14H13NO4. The predicted octanol–water partition coefficient (Wildman–Crippen LogP) is 1.75. The summed E-state index contributed by atoms with van der Waals surface area (Å²) < 4.78 is 0. The van der Waals surface area contributed by atoms with E-state index in [0.717, 1.165) is 16.5 Å². The van der Waals surface area contributed by atoms with Gasteiger partial charge >= 0.3 is 5.97 Å². The number of carbonyl (C=O) groups is 3. The first-order valence-corrected chi connectivity index (χ1v) is 5.86. The molecule has 5 heteroatoms. The summed E-state index contributed by atoms with van der Waals surface area (Å²) in [4.78, 5) is 35.0. The van der Waals surface area contributed by atoms with Crippen LogP contribution in [-0.4, -0.2) is 22.9 Å². The maximum atomic E-state index is 11.6. The first-order valence-electron chi connectivity index (χ1n) is 5.86. The Balaban J connectivity index is 2.38. The molecule has 1 saturated heterocycles. The van der Waals surface area contributed by atoms with Crippen molar-refractivity contribution < 1.29 is 19.5 Å². The van der Waals surface area contributed by atoms with Crippen LogP contribution in [0, 0.1) is 6.92 Å². The zero-order chi connectivity index (χ0) is 14.0. The monoisotopic (exact) mass is 259 g/mol. The van der Waals surface area contributed by atoms with E-state index in [1.54, 1.807) is 18.2 Å². The average Bonchev–Trinajstić information content (AvgIpc) is 2.68. The van der Waals surface area contributed by atoms with Crippen LogP contribution in [0.3, 0.4) is 0 Å². The third kappa shape index (κ3) is 2.70. The fourth-order valence-corrected chi connectivity index (χ4v) is 1.97. The number of carbonyl (C=O) groups excluding carboxylic acids is 2. The van der Waals surface area contributed by atoms with Gasteiger partial charge < -0.3 is 5.11 Å². The smallest absolute Gasteiger partial charge is 0.328 e. The number of imide groups is 1. The van der Waals surface area contributed by atoms with Gasteiger partial charge in [-0.3, -0.25) is 14.5 Å². The zero-order valence-electron chi connectivity index (χ0n) is 10.4. The highest BCUT2D eigenvalue weighted by Crippen LogP contribution is 2.25. The summed E-state index contributed by atoms with van der Waals surface area (Å²) in [6, 6.07) is 5.10. The SMILES string of the molecule is Cc1ccc(N2C(=O)CCC2=O)cc1C=CC(=O)O. The Kier molecular flexibility index (Phi) is 3.46. The van der Waals surface area contributed by atoms with E-state index in [-0.39, 0.29) is 24.7 Å². The highest BCUT2D eigenvalue weighted by Gasteiger charge is 2.30. The highest BCUT2D eigenvalue weighted by atomic mass is 16.4. The lowest BCUT2D eigenvalue weighted by Gasteiger charge is -2.15. The van der Waals surface area contributed by atoms with Crippen LogP contribution >= 0.6 is 0 Å². The number of carboxylic acids is 1. The van der Waals surface area contributed by atoms with Gasteiger partial charge in [0, 0.05) is 18.9 Å². The molecule has 1 N–H and O–H groups in total. The van der Waals surface area contributed by atoms with Gasteiger partial charge in [-0.1, -0.05) is 6.07 Å². The van der Waals surface area contributed by atoms with E-state index in [0.29, 0.717) is 11.3 Å². The van der Waals surface area contributed by atoms with Crippen LogP contribution in [0.5, 0.6) is 0 Å². The fraction of sp³-hybridized carbons (Fsp3) is 0.214. The fourth-order valence-electron chi connectivity index (χ4n) is 1.97. The van der Waals surface area contributed by atoms with Crippen molar-refractivity contribution in [3.8, 4) is 0 Å². The molecule has 1 heterocycles. The van der Waals surface area contributed by atoms with Crippen LogP contribution in [-0.2, 0) is 14.4 Å². The molecule has 1 aliphatic heterocycles. The first-order chi connectivity index (χ1) is 8.99. The van der Waals surface area contributed by atoms with Gasteiger partial charge in [0.1, 0.15) is 0 Å². The van der Waals surface area contributed by atoms with Crippen molar-refractivity contribution in [2.45, 2.75) is 19.8 Å². The van der Waals surface area contributed by atoms with Gasteiger partial charge in [0.15, 0.2) is 0 Å². The number of aliphatic carboxylic acids is 1.